The summed E-state index contributed by atoms with van der Waals surface area (Å²) in [4.78, 5) is 34.3. The Bertz CT molecular complexity index is 773. The van der Waals surface area contributed by atoms with Gasteiger partial charge >= 0.3 is 5.97 Å². The van der Waals surface area contributed by atoms with Crippen molar-refractivity contribution >= 4 is 29.2 Å². The zero-order chi connectivity index (χ0) is 17.5. The SMILES string of the molecule is O=C(O)CCC(=O)Nc1cccc(C(=O)Nc2cccc(O)c2)c1. The second-order valence-corrected chi connectivity index (χ2v) is 5.03. The molecule has 0 fully saturated rings. The lowest BCUT2D eigenvalue weighted by atomic mass is 10.1. The van der Waals surface area contributed by atoms with Crippen LogP contribution in [0.15, 0.2) is 48.5 Å². The molecule has 0 aliphatic heterocycles. The summed E-state index contributed by atoms with van der Waals surface area (Å²) in [6.07, 6.45) is -0.404. The van der Waals surface area contributed by atoms with E-state index in [1.54, 1.807) is 30.3 Å². The van der Waals surface area contributed by atoms with Crippen LogP contribution in [0.1, 0.15) is 23.2 Å². The molecule has 2 amide bonds. The summed E-state index contributed by atoms with van der Waals surface area (Å²) in [5, 5.41) is 23.1. The molecule has 2 aromatic rings. The number of aromatic hydroxyl groups is 1. The Morgan fingerprint density at radius 1 is 0.875 bits per heavy atom. The van der Waals surface area contributed by atoms with E-state index >= 15 is 0 Å². The summed E-state index contributed by atoms with van der Waals surface area (Å²) < 4.78 is 0. The van der Waals surface area contributed by atoms with Crippen LogP contribution in [-0.2, 0) is 9.59 Å². The summed E-state index contributed by atoms with van der Waals surface area (Å²) in [5.74, 6) is -1.86. The predicted octanol–water partition coefficient (Wildman–Crippen LogP) is 2.45. The number of benzene rings is 2. The Balaban J connectivity index is 2.02. The van der Waals surface area contributed by atoms with Crippen molar-refractivity contribution < 1.29 is 24.6 Å². The van der Waals surface area contributed by atoms with Crippen molar-refractivity contribution in [1.29, 1.82) is 0 Å². The number of carbonyl (C=O) groups excluding carboxylic acids is 2. The molecular formula is C17H16N2O5. The van der Waals surface area contributed by atoms with Gasteiger partial charge in [-0.2, -0.15) is 0 Å². The van der Waals surface area contributed by atoms with Crippen LogP contribution in [0.4, 0.5) is 11.4 Å². The molecular weight excluding hydrogens is 312 g/mol. The Morgan fingerprint density at radius 3 is 2.21 bits per heavy atom. The second kappa shape index (κ2) is 7.77. The number of hydrogen-bond donors (Lipinski definition) is 4. The molecule has 0 saturated carbocycles. The van der Waals surface area contributed by atoms with Crippen molar-refractivity contribution in [3.05, 3.63) is 54.1 Å². The van der Waals surface area contributed by atoms with Gasteiger partial charge in [0.05, 0.1) is 6.42 Å². The van der Waals surface area contributed by atoms with Crippen molar-refractivity contribution in [3.63, 3.8) is 0 Å². The molecule has 2 rings (SSSR count). The van der Waals surface area contributed by atoms with Gasteiger partial charge in [-0.3, -0.25) is 14.4 Å². The second-order valence-electron chi connectivity index (χ2n) is 5.03. The maximum atomic E-state index is 12.2. The average molecular weight is 328 g/mol. The predicted molar refractivity (Wildman–Crippen MR) is 88.0 cm³/mol. The van der Waals surface area contributed by atoms with E-state index in [9.17, 15) is 19.5 Å². The van der Waals surface area contributed by atoms with E-state index in [0.717, 1.165) is 0 Å². The fourth-order valence-electron chi connectivity index (χ4n) is 1.97. The third kappa shape index (κ3) is 5.13. The van der Waals surface area contributed by atoms with Gasteiger partial charge in [0.1, 0.15) is 5.75 Å². The van der Waals surface area contributed by atoms with Gasteiger partial charge in [-0.05, 0) is 30.3 Å². The van der Waals surface area contributed by atoms with Gasteiger partial charge in [0.2, 0.25) is 5.91 Å². The molecule has 7 heteroatoms. The highest BCUT2D eigenvalue weighted by molar-refractivity contribution is 6.05. The van der Waals surface area contributed by atoms with Crippen molar-refractivity contribution in [2.75, 3.05) is 10.6 Å². The fourth-order valence-corrected chi connectivity index (χ4v) is 1.97. The smallest absolute Gasteiger partial charge is 0.303 e. The maximum Gasteiger partial charge on any atom is 0.303 e. The molecule has 0 radical (unpaired) electrons. The molecule has 0 unspecified atom stereocenters. The number of carboxylic acids is 1. The number of rotatable bonds is 6. The van der Waals surface area contributed by atoms with E-state index in [1.165, 1.54) is 18.2 Å². The van der Waals surface area contributed by atoms with Crippen LogP contribution in [0.25, 0.3) is 0 Å². The average Bonchev–Trinajstić information content (AvgIpc) is 2.53. The monoisotopic (exact) mass is 328 g/mol. The summed E-state index contributed by atoms with van der Waals surface area (Å²) in [6, 6.07) is 12.4. The van der Waals surface area contributed by atoms with E-state index in [4.69, 9.17) is 5.11 Å². The van der Waals surface area contributed by atoms with E-state index < -0.39 is 17.8 Å². The van der Waals surface area contributed by atoms with Crippen molar-refractivity contribution in [2.24, 2.45) is 0 Å². The lowest BCUT2D eigenvalue weighted by Gasteiger charge is -2.08. The summed E-state index contributed by atoms with van der Waals surface area (Å²) in [6.45, 7) is 0. The van der Waals surface area contributed by atoms with Gasteiger partial charge < -0.3 is 20.8 Å². The van der Waals surface area contributed by atoms with Gasteiger partial charge in [0.15, 0.2) is 0 Å². The van der Waals surface area contributed by atoms with Gasteiger partial charge in [0, 0.05) is 29.4 Å². The molecule has 0 aliphatic carbocycles. The molecule has 0 aromatic heterocycles. The lowest BCUT2D eigenvalue weighted by Crippen LogP contribution is -2.15. The Morgan fingerprint density at radius 2 is 1.54 bits per heavy atom. The molecule has 4 N–H and O–H groups in total. The van der Waals surface area contributed by atoms with Crippen LogP contribution in [-0.4, -0.2) is 28.0 Å². The number of carboxylic acid groups (broad SMARTS) is 1. The first-order valence-corrected chi connectivity index (χ1v) is 7.16. The molecule has 0 heterocycles. The number of aliphatic carboxylic acids is 1. The molecule has 2 aromatic carbocycles. The van der Waals surface area contributed by atoms with Crippen molar-refractivity contribution in [2.45, 2.75) is 12.8 Å². The van der Waals surface area contributed by atoms with Crippen LogP contribution in [0, 0.1) is 0 Å². The van der Waals surface area contributed by atoms with E-state index in [0.29, 0.717) is 16.9 Å². The Kier molecular flexibility index (Phi) is 5.51. The van der Waals surface area contributed by atoms with E-state index in [1.807, 2.05) is 0 Å². The zero-order valence-corrected chi connectivity index (χ0v) is 12.7. The van der Waals surface area contributed by atoms with Gasteiger partial charge in [-0.15, -0.1) is 0 Å². The Hall–Kier alpha value is -3.35. The van der Waals surface area contributed by atoms with E-state index in [-0.39, 0.29) is 18.6 Å². The molecule has 0 saturated heterocycles. The highest BCUT2D eigenvalue weighted by atomic mass is 16.4. The lowest BCUT2D eigenvalue weighted by molar-refractivity contribution is -0.138. The summed E-state index contributed by atoms with van der Waals surface area (Å²) in [5.41, 5.74) is 1.15. The van der Waals surface area contributed by atoms with Crippen LogP contribution in [0.2, 0.25) is 0 Å². The van der Waals surface area contributed by atoms with Crippen LogP contribution < -0.4 is 10.6 Å². The first kappa shape index (κ1) is 17.0. The van der Waals surface area contributed by atoms with Crippen LogP contribution in [0.3, 0.4) is 0 Å². The first-order chi connectivity index (χ1) is 11.4. The van der Waals surface area contributed by atoms with Crippen LogP contribution >= 0.6 is 0 Å². The number of phenolic OH excluding ortho intramolecular Hbond substituents is 1. The number of amides is 2. The maximum absolute atomic E-state index is 12.2. The third-order valence-electron chi connectivity index (χ3n) is 3.08. The molecule has 24 heavy (non-hydrogen) atoms. The van der Waals surface area contributed by atoms with Gasteiger partial charge in [-0.25, -0.2) is 0 Å². The fraction of sp³-hybridized carbons (Fsp3) is 0.118. The number of nitrogens with one attached hydrogen (secondary N) is 2. The zero-order valence-electron chi connectivity index (χ0n) is 12.7. The summed E-state index contributed by atoms with van der Waals surface area (Å²) in [7, 11) is 0. The van der Waals surface area contributed by atoms with Gasteiger partial charge in [0.25, 0.3) is 5.91 Å². The molecule has 124 valence electrons. The minimum absolute atomic E-state index is 0.0345. The molecule has 7 nitrogen and oxygen atoms in total. The normalized spacial score (nSPS) is 10.0. The minimum atomic E-state index is -1.05. The van der Waals surface area contributed by atoms with Crippen LogP contribution in [0.5, 0.6) is 5.75 Å². The largest absolute Gasteiger partial charge is 0.508 e. The number of anilines is 2. The highest BCUT2D eigenvalue weighted by Gasteiger charge is 2.10. The minimum Gasteiger partial charge on any atom is -0.508 e. The summed E-state index contributed by atoms with van der Waals surface area (Å²) >= 11 is 0. The highest BCUT2D eigenvalue weighted by Crippen LogP contribution is 2.17. The standard InChI is InChI=1S/C17H16N2O5/c20-14-6-2-5-13(10-14)19-17(24)11-3-1-4-12(9-11)18-15(21)7-8-16(22)23/h1-6,9-10,20H,7-8H2,(H,18,21)(H,19,24)(H,22,23). The molecule has 0 spiro atoms. The number of phenols is 1. The first-order valence-electron chi connectivity index (χ1n) is 7.16. The molecule has 0 aliphatic rings. The number of carbonyl (C=O) groups is 3. The topological polar surface area (TPSA) is 116 Å². The van der Waals surface area contributed by atoms with E-state index in [2.05, 4.69) is 10.6 Å². The Labute approximate surface area is 137 Å². The molecule has 0 bridgehead atoms. The quantitative estimate of drug-likeness (QED) is 0.650. The third-order valence-corrected chi connectivity index (χ3v) is 3.08. The van der Waals surface area contributed by atoms with Gasteiger partial charge in [-0.1, -0.05) is 12.1 Å². The number of hydrogen-bond acceptors (Lipinski definition) is 4. The molecule has 0 atom stereocenters. The van der Waals surface area contributed by atoms with Crippen molar-refractivity contribution in [1.82, 2.24) is 0 Å². The van der Waals surface area contributed by atoms with Crippen molar-refractivity contribution in [3.8, 4) is 5.75 Å².